The van der Waals surface area contributed by atoms with Crippen molar-refractivity contribution in [1.82, 2.24) is 4.98 Å². The quantitative estimate of drug-likeness (QED) is 0.695. The number of amides is 1. The first-order chi connectivity index (χ1) is 12.3. The molecule has 0 aliphatic heterocycles. The SMILES string of the molecule is Cc1ccc(S(=O)(=O)Nc2nc(C(=O)Nc3cccc(F)c3)cs2)cc1. The first-order valence-electron chi connectivity index (χ1n) is 7.45. The molecule has 2 N–H and O–H groups in total. The number of carbonyl (C=O) groups is 1. The molecule has 0 unspecified atom stereocenters. The Labute approximate surface area is 153 Å². The first kappa shape index (κ1) is 18.0. The van der Waals surface area contributed by atoms with E-state index in [4.69, 9.17) is 0 Å². The van der Waals surface area contributed by atoms with E-state index >= 15 is 0 Å². The fraction of sp³-hybridized carbons (Fsp3) is 0.0588. The van der Waals surface area contributed by atoms with Crippen LogP contribution in [0, 0.1) is 12.7 Å². The predicted molar refractivity (Wildman–Crippen MR) is 98.5 cm³/mol. The number of aryl methyl sites for hydroxylation is 1. The van der Waals surface area contributed by atoms with Crippen LogP contribution in [-0.2, 0) is 10.0 Å². The summed E-state index contributed by atoms with van der Waals surface area (Å²) in [4.78, 5) is 16.2. The van der Waals surface area contributed by atoms with Crippen LogP contribution in [0.2, 0.25) is 0 Å². The third-order valence-electron chi connectivity index (χ3n) is 3.37. The van der Waals surface area contributed by atoms with Crippen LogP contribution in [0.15, 0.2) is 58.8 Å². The fourth-order valence-electron chi connectivity index (χ4n) is 2.08. The van der Waals surface area contributed by atoms with Crippen LogP contribution in [0.1, 0.15) is 16.1 Å². The lowest BCUT2D eigenvalue weighted by Gasteiger charge is -2.05. The van der Waals surface area contributed by atoms with Crippen LogP contribution in [0.25, 0.3) is 0 Å². The summed E-state index contributed by atoms with van der Waals surface area (Å²) < 4.78 is 40.2. The van der Waals surface area contributed by atoms with Crippen LogP contribution in [0.4, 0.5) is 15.2 Å². The van der Waals surface area contributed by atoms with Crippen LogP contribution in [-0.4, -0.2) is 19.3 Å². The second kappa shape index (κ2) is 7.22. The lowest BCUT2D eigenvalue weighted by atomic mass is 10.2. The Balaban J connectivity index is 1.73. The number of halogens is 1. The smallest absolute Gasteiger partial charge is 0.275 e. The largest absolute Gasteiger partial charge is 0.321 e. The maximum absolute atomic E-state index is 13.2. The number of nitrogens with zero attached hydrogens (tertiary/aromatic N) is 1. The van der Waals surface area contributed by atoms with Crippen LogP contribution in [0.3, 0.4) is 0 Å². The minimum Gasteiger partial charge on any atom is -0.321 e. The predicted octanol–water partition coefficient (Wildman–Crippen LogP) is 3.64. The number of nitrogens with one attached hydrogen (secondary N) is 2. The molecule has 0 bridgehead atoms. The molecule has 134 valence electrons. The van der Waals surface area contributed by atoms with E-state index in [9.17, 15) is 17.6 Å². The zero-order chi connectivity index (χ0) is 18.7. The zero-order valence-corrected chi connectivity index (χ0v) is 15.2. The number of anilines is 2. The maximum atomic E-state index is 13.2. The van der Waals surface area contributed by atoms with Crippen molar-refractivity contribution in [3.63, 3.8) is 0 Å². The molecule has 0 radical (unpaired) electrons. The van der Waals surface area contributed by atoms with Crippen molar-refractivity contribution in [2.24, 2.45) is 0 Å². The Morgan fingerprint density at radius 3 is 2.58 bits per heavy atom. The molecule has 0 atom stereocenters. The van der Waals surface area contributed by atoms with Crippen molar-refractivity contribution in [3.05, 3.63) is 71.0 Å². The monoisotopic (exact) mass is 391 g/mol. The molecule has 0 saturated carbocycles. The number of benzene rings is 2. The molecule has 6 nitrogen and oxygen atoms in total. The Morgan fingerprint density at radius 2 is 1.88 bits per heavy atom. The average molecular weight is 391 g/mol. The van der Waals surface area contributed by atoms with Gasteiger partial charge in [0, 0.05) is 11.1 Å². The molecule has 0 aliphatic rings. The van der Waals surface area contributed by atoms with Gasteiger partial charge in [0.15, 0.2) is 5.13 Å². The van der Waals surface area contributed by atoms with E-state index in [1.54, 1.807) is 12.1 Å². The van der Waals surface area contributed by atoms with Gasteiger partial charge in [0.2, 0.25) is 0 Å². The van der Waals surface area contributed by atoms with Gasteiger partial charge >= 0.3 is 0 Å². The van der Waals surface area contributed by atoms with Gasteiger partial charge in [-0.2, -0.15) is 0 Å². The normalized spacial score (nSPS) is 11.2. The maximum Gasteiger partial charge on any atom is 0.275 e. The lowest BCUT2D eigenvalue weighted by molar-refractivity contribution is 0.102. The zero-order valence-electron chi connectivity index (χ0n) is 13.6. The summed E-state index contributed by atoms with van der Waals surface area (Å²) in [5, 5.41) is 3.98. The molecule has 0 fully saturated rings. The van der Waals surface area contributed by atoms with Gasteiger partial charge in [-0.05, 0) is 37.3 Å². The van der Waals surface area contributed by atoms with Crippen LogP contribution in [0.5, 0.6) is 0 Å². The molecule has 2 aromatic carbocycles. The number of hydrogen-bond acceptors (Lipinski definition) is 5. The Hall–Kier alpha value is -2.78. The minimum absolute atomic E-state index is 0.0286. The first-order valence-corrected chi connectivity index (χ1v) is 9.82. The number of hydrogen-bond donors (Lipinski definition) is 2. The molecule has 26 heavy (non-hydrogen) atoms. The summed E-state index contributed by atoms with van der Waals surface area (Å²) in [5.41, 5.74) is 1.25. The number of aromatic nitrogens is 1. The van der Waals surface area contributed by atoms with E-state index in [2.05, 4.69) is 15.0 Å². The highest BCUT2D eigenvalue weighted by atomic mass is 32.2. The third-order valence-corrected chi connectivity index (χ3v) is 5.61. The average Bonchev–Trinajstić information content (AvgIpc) is 3.03. The summed E-state index contributed by atoms with van der Waals surface area (Å²) in [6.45, 7) is 1.86. The number of rotatable bonds is 5. The number of carbonyl (C=O) groups excluding carboxylic acids is 1. The summed E-state index contributed by atoms with van der Waals surface area (Å²) in [6, 6.07) is 11.8. The van der Waals surface area contributed by atoms with Crippen LogP contribution >= 0.6 is 11.3 Å². The Kier molecular flexibility index (Phi) is 5.01. The van der Waals surface area contributed by atoms with E-state index in [1.165, 1.54) is 41.8 Å². The minimum atomic E-state index is -3.79. The van der Waals surface area contributed by atoms with E-state index < -0.39 is 21.7 Å². The van der Waals surface area contributed by atoms with Gasteiger partial charge in [-0.15, -0.1) is 11.3 Å². The Bertz CT molecular complexity index is 1050. The molecule has 3 aromatic rings. The highest BCUT2D eigenvalue weighted by Gasteiger charge is 2.18. The standard InChI is InChI=1S/C17H14FN3O3S2/c1-11-5-7-14(8-6-11)26(23,24)21-17-20-15(10-25-17)16(22)19-13-4-2-3-12(18)9-13/h2-10H,1H3,(H,19,22)(H,20,21). The number of sulfonamides is 1. The van der Waals surface area contributed by atoms with Gasteiger partial charge in [-0.1, -0.05) is 23.8 Å². The summed E-state index contributed by atoms with van der Waals surface area (Å²) in [6.07, 6.45) is 0. The molecule has 1 aromatic heterocycles. The molecule has 0 spiro atoms. The van der Waals surface area contributed by atoms with Crippen LogP contribution < -0.4 is 10.0 Å². The molecule has 3 rings (SSSR count). The molecule has 1 amide bonds. The molecule has 0 saturated heterocycles. The van der Waals surface area contributed by atoms with E-state index in [-0.39, 0.29) is 21.4 Å². The van der Waals surface area contributed by atoms with Crippen molar-refractivity contribution in [1.29, 1.82) is 0 Å². The van der Waals surface area contributed by atoms with Gasteiger partial charge in [-0.25, -0.2) is 17.8 Å². The van der Waals surface area contributed by atoms with E-state index in [0.717, 1.165) is 16.9 Å². The van der Waals surface area contributed by atoms with Crippen molar-refractivity contribution < 1.29 is 17.6 Å². The fourth-order valence-corrected chi connectivity index (χ4v) is 4.02. The van der Waals surface area contributed by atoms with Crippen molar-refractivity contribution >= 4 is 38.1 Å². The second-order valence-electron chi connectivity index (χ2n) is 5.42. The van der Waals surface area contributed by atoms with Gasteiger partial charge in [0.05, 0.1) is 4.90 Å². The van der Waals surface area contributed by atoms with Crippen molar-refractivity contribution in [3.8, 4) is 0 Å². The highest BCUT2D eigenvalue weighted by Crippen LogP contribution is 2.21. The second-order valence-corrected chi connectivity index (χ2v) is 7.96. The summed E-state index contributed by atoms with van der Waals surface area (Å²) in [5.74, 6) is -1.04. The van der Waals surface area contributed by atoms with Crippen molar-refractivity contribution in [2.45, 2.75) is 11.8 Å². The van der Waals surface area contributed by atoms with E-state index in [1.807, 2.05) is 6.92 Å². The highest BCUT2D eigenvalue weighted by molar-refractivity contribution is 7.93. The lowest BCUT2D eigenvalue weighted by Crippen LogP contribution is -2.14. The third kappa shape index (κ3) is 4.24. The topological polar surface area (TPSA) is 88.2 Å². The molecular weight excluding hydrogens is 377 g/mol. The van der Waals surface area contributed by atoms with Gasteiger partial charge in [0.25, 0.3) is 15.9 Å². The number of thiazole rings is 1. The summed E-state index contributed by atoms with van der Waals surface area (Å²) >= 11 is 0.980. The molecule has 9 heteroatoms. The summed E-state index contributed by atoms with van der Waals surface area (Å²) in [7, 11) is -3.79. The van der Waals surface area contributed by atoms with Crippen molar-refractivity contribution in [2.75, 3.05) is 10.0 Å². The Morgan fingerprint density at radius 1 is 1.15 bits per heavy atom. The van der Waals surface area contributed by atoms with E-state index in [0.29, 0.717) is 0 Å². The molecule has 0 aliphatic carbocycles. The molecular formula is C17H14FN3O3S2. The molecule has 1 heterocycles. The van der Waals surface area contributed by atoms with Gasteiger partial charge in [-0.3, -0.25) is 9.52 Å². The van der Waals surface area contributed by atoms with Gasteiger partial charge in [0.1, 0.15) is 11.5 Å². The van der Waals surface area contributed by atoms with Gasteiger partial charge < -0.3 is 5.32 Å².